The second kappa shape index (κ2) is 10.0. The number of nitrogens with zero attached hydrogens (tertiary/aromatic N) is 1. The molecule has 1 saturated heterocycles. The topological polar surface area (TPSA) is 67.9 Å². The number of carbonyl (C=O) groups is 2. The molecule has 6 heteroatoms. The quantitative estimate of drug-likeness (QED) is 0.689. The summed E-state index contributed by atoms with van der Waals surface area (Å²) >= 11 is 0. The van der Waals surface area contributed by atoms with Crippen LogP contribution in [0.5, 0.6) is 5.75 Å². The highest BCUT2D eigenvalue weighted by molar-refractivity contribution is 5.83. The fourth-order valence-electron chi connectivity index (χ4n) is 2.94. The van der Waals surface area contributed by atoms with Crippen LogP contribution in [-0.2, 0) is 20.7 Å². The lowest BCUT2D eigenvalue weighted by Gasteiger charge is -2.32. The number of piperidine rings is 1. The van der Waals surface area contributed by atoms with E-state index in [4.69, 9.17) is 9.47 Å². The number of likely N-dealkylation sites (tertiary alicyclic amines) is 1. The summed E-state index contributed by atoms with van der Waals surface area (Å²) in [5.41, 5.74) is 1.15. The van der Waals surface area contributed by atoms with E-state index >= 15 is 0 Å². The molecule has 0 unspecified atom stereocenters. The fourth-order valence-corrected chi connectivity index (χ4v) is 2.94. The Bertz CT molecular complexity index is 559. The summed E-state index contributed by atoms with van der Waals surface area (Å²) < 4.78 is 10.4. The van der Waals surface area contributed by atoms with Crippen LogP contribution in [0.25, 0.3) is 0 Å². The highest BCUT2D eigenvalue weighted by Gasteiger charge is 2.29. The standard InChI is InChI=1S/C19H28N2O4/c1-3-25-13-11-20-19(23)16-6-9-18(22)21(14-16)12-10-15-4-7-17(24-2)8-5-15/h4-5,7-8,16H,3,6,9-14H2,1-2H3,(H,20,23)/t16-/m0/s1. The zero-order valence-corrected chi connectivity index (χ0v) is 15.1. The molecule has 0 radical (unpaired) electrons. The van der Waals surface area contributed by atoms with E-state index in [0.717, 1.165) is 17.7 Å². The number of hydrogen-bond acceptors (Lipinski definition) is 4. The number of rotatable bonds is 9. The van der Waals surface area contributed by atoms with Gasteiger partial charge >= 0.3 is 0 Å². The first-order valence-corrected chi connectivity index (χ1v) is 8.90. The van der Waals surface area contributed by atoms with Gasteiger partial charge in [0.05, 0.1) is 19.6 Å². The second-order valence-electron chi connectivity index (χ2n) is 6.16. The number of ether oxygens (including phenoxy) is 2. The molecular weight excluding hydrogens is 320 g/mol. The molecule has 6 nitrogen and oxygen atoms in total. The molecule has 0 bridgehead atoms. The van der Waals surface area contributed by atoms with Gasteiger partial charge in [0.15, 0.2) is 0 Å². The zero-order chi connectivity index (χ0) is 18.1. The van der Waals surface area contributed by atoms with E-state index in [1.165, 1.54) is 0 Å². The van der Waals surface area contributed by atoms with Gasteiger partial charge in [-0.1, -0.05) is 12.1 Å². The van der Waals surface area contributed by atoms with Crippen molar-refractivity contribution in [2.75, 3.05) is 40.0 Å². The first-order valence-electron chi connectivity index (χ1n) is 8.90. The molecule has 0 spiro atoms. The molecule has 1 fully saturated rings. The molecule has 2 amide bonds. The maximum Gasteiger partial charge on any atom is 0.224 e. The van der Waals surface area contributed by atoms with Crippen LogP contribution in [0.3, 0.4) is 0 Å². The molecule has 1 aromatic rings. The maximum atomic E-state index is 12.2. The number of methoxy groups -OCH3 is 1. The molecule has 1 aromatic carbocycles. The number of hydrogen-bond donors (Lipinski definition) is 1. The minimum atomic E-state index is -0.129. The van der Waals surface area contributed by atoms with Crippen molar-refractivity contribution < 1.29 is 19.1 Å². The van der Waals surface area contributed by atoms with Gasteiger partial charge in [-0.3, -0.25) is 9.59 Å². The van der Waals surface area contributed by atoms with Gasteiger partial charge in [-0.15, -0.1) is 0 Å². The third kappa shape index (κ3) is 6.05. The van der Waals surface area contributed by atoms with Crippen LogP contribution in [0.1, 0.15) is 25.3 Å². The van der Waals surface area contributed by atoms with Gasteiger partial charge in [0.25, 0.3) is 0 Å². The average molecular weight is 348 g/mol. The molecule has 1 heterocycles. The van der Waals surface area contributed by atoms with Crippen molar-refractivity contribution >= 4 is 11.8 Å². The van der Waals surface area contributed by atoms with E-state index in [1.807, 2.05) is 31.2 Å². The van der Waals surface area contributed by atoms with E-state index in [9.17, 15) is 9.59 Å². The van der Waals surface area contributed by atoms with Crippen LogP contribution in [0.15, 0.2) is 24.3 Å². The smallest absolute Gasteiger partial charge is 0.224 e. The van der Waals surface area contributed by atoms with Crippen molar-refractivity contribution in [2.24, 2.45) is 5.92 Å². The lowest BCUT2D eigenvalue weighted by atomic mass is 9.96. The summed E-state index contributed by atoms with van der Waals surface area (Å²) in [5.74, 6) is 0.838. The summed E-state index contributed by atoms with van der Waals surface area (Å²) in [5, 5.41) is 2.89. The molecule has 0 saturated carbocycles. The van der Waals surface area contributed by atoms with Gasteiger partial charge in [-0.2, -0.15) is 0 Å². The minimum Gasteiger partial charge on any atom is -0.497 e. The summed E-state index contributed by atoms with van der Waals surface area (Å²) in [6.45, 7) is 4.74. The van der Waals surface area contributed by atoms with Crippen molar-refractivity contribution in [2.45, 2.75) is 26.2 Å². The Balaban J connectivity index is 1.80. The average Bonchev–Trinajstić information content (AvgIpc) is 2.65. The van der Waals surface area contributed by atoms with Gasteiger partial charge in [0.1, 0.15) is 5.75 Å². The Labute approximate surface area is 149 Å². The Morgan fingerprint density at radius 1 is 1.32 bits per heavy atom. The van der Waals surface area contributed by atoms with Crippen molar-refractivity contribution in [3.8, 4) is 5.75 Å². The predicted molar refractivity (Wildman–Crippen MR) is 95.5 cm³/mol. The van der Waals surface area contributed by atoms with E-state index in [2.05, 4.69) is 5.32 Å². The Kier molecular flexibility index (Phi) is 7.73. The van der Waals surface area contributed by atoms with Crippen molar-refractivity contribution in [1.82, 2.24) is 10.2 Å². The summed E-state index contributed by atoms with van der Waals surface area (Å²) in [6, 6.07) is 7.85. The summed E-state index contributed by atoms with van der Waals surface area (Å²) in [7, 11) is 1.64. The first-order chi connectivity index (χ1) is 12.1. The van der Waals surface area contributed by atoms with Crippen LogP contribution >= 0.6 is 0 Å². The largest absolute Gasteiger partial charge is 0.497 e. The van der Waals surface area contributed by atoms with Gasteiger partial charge in [-0.25, -0.2) is 0 Å². The van der Waals surface area contributed by atoms with Gasteiger partial charge < -0.3 is 19.7 Å². The molecule has 1 aliphatic rings. The normalized spacial score (nSPS) is 17.4. The number of benzene rings is 1. The van der Waals surface area contributed by atoms with Crippen LogP contribution in [0.2, 0.25) is 0 Å². The maximum absolute atomic E-state index is 12.2. The highest BCUT2D eigenvalue weighted by Crippen LogP contribution is 2.19. The monoisotopic (exact) mass is 348 g/mol. The SMILES string of the molecule is CCOCCNC(=O)[C@H]1CCC(=O)N(CCc2ccc(OC)cc2)C1. The molecule has 25 heavy (non-hydrogen) atoms. The van der Waals surface area contributed by atoms with Crippen molar-refractivity contribution in [3.63, 3.8) is 0 Å². The minimum absolute atomic E-state index is 0.0154. The van der Waals surface area contributed by atoms with E-state index in [0.29, 0.717) is 45.7 Å². The van der Waals surface area contributed by atoms with Gasteiger partial charge in [0.2, 0.25) is 11.8 Å². The molecule has 1 atom stereocenters. The van der Waals surface area contributed by atoms with E-state index in [1.54, 1.807) is 12.0 Å². The molecule has 1 aliphatic heterocycles. The highest BCUT2D eigenvalue weighted by atomic mass is 16.5. The van der Waals surface area contributed by atoms with E-state index in [-0.39, 0.29) is 17.7 Å². The van der Waals surface area contributed by atoms with Crippen LogP contribution < -0.4 is 10.1 Å². The van der Waals surface area contributed by atoms with Crippen LogP contribution in [0.4, 0.5) is 0 Å². The second-order valence-corrected chi connectivity index (χ2v) is 6.16. The Morgan fingerprint density at radius 2 is 2.08 bits per heavy atom. The van der Waals surface area contributed by atoms with Crippen molar-refractivity contribution in [3.05, 3.63) is 29.8 Å². The zero-order valence-electron chi connectivity index (χ0n) is 15.1. The Morgan fingerprint density at radius 3 is 2.76 bits per heavy atom. The molecule has 138 valence electrons. The summed E-state index contributed by atoms with van der Waals surface area (Å²) in [6.07, 6.45) is 1.83. The lowest BCUT2D eigenvalue weighted by Crippen LogP contribution is -2.46. The van der Waals surface area contributed by atoms with Crippen molar-refractivity contribution in [1.29, 1.82) is 0 Å². The number of nitrogens with one attached hydrogen (secondary N) is 1. The fraction of sp³-hybridized carbons (Fsp3) is 0.579. The summed E-state index contributed by atoms with van der Waals surface area (Å²) in [4.78, 5) is 26.2. The third-order valence-corrected chi connectivity index (χ3v) is 4.45. The number of carbonyl (C=O) groups excluding carboxylic acids is 2. The Hall–Kier alpha value is -2.08. The van der Waals surface area contributed by atoms with Gasteiger partial charge in [-0.05, 0) is 37.5 Å². The molecular formula is C19H28N2O4. The third-order valence-electron chi connectivity index (χ3n) is 4.45. The molecule has 1 N–H and O–H groups in total. The van der Waals surface area contributed by atoms with E-state index < -0.39 is 0 Å². The molecule has 0 aliphatic carbocycles. The number of amides is 2. The first kappa shape index (κ1) is 19.2. The molecule has 2 rings (SSSR count). The van der Waals surface area contributed by atoms with Crippen LogP contribution in [-0.4, -0.2) is 56.7 Å². The predicted octanol–water partition coefficient (Wildman–Crippen LogP) is 1.63. The van der Waals surface area contributed by atoms with Gasteiger partial charge in [0, 0.05) is 32.7 Å². The van der Waals surface area contributed by atoms with Crippen LogP contribution in [0, 0.1) is 5.92 Å². The lowest BCUT2D eigenvalue weighted by molar-refractivity contribution is -0.138. The molecule has 0 aromatic heterocycles.